The quantitative estimate of drug-likeness (QED) is 0.631. The summed E-state index contributed by atoms with van der Waals surface area (Å²) in [6.45, 7) is 11.6. The number of anilines is 1. The van der Waals surface area contributed by atoms with E-state index in [-0.39, 0.29) is 0 Å². The van der Waals surface area contributed by atoms with Crippen LogP contribution in [0.5, 0.6) is 11.5 Å². The third-order valence-corrected chi connectivity index (χ3v) is 4.37. The monoisotopic (exact) mass is 370 g/mol. The molecule has 27 heavy (non-hydrogen) atoms. The van der Waals surface area contributed by atoms with Crippen LogP contribution in [-0.2, 0) is 4.74 Å². The lowest BCUT2D eigenvalue weighted by atomic mass is 9.98. The van der Waals surface area contributed by atoms with E-state index in [1.54, 1.807) is 21.3 Å². The summed E-state index contributed by atoms with van der Waals surface area (Å²) in [6, 6.07) is 8.08. The van der Waals surface area contributed by atoms with Crippen molar-refractivity contribution in [2.75, 3.05) is 39.8 Å². The van der Waals surface area contributed by atoms with E-state index in [1.165, 1.54) is 0 Å². The minimum atomic E-state index is 0.369. The number of nitrogens with one attached hydrogen (secondary N) is 1. The van der Waals surface area contributed by atoms with Gasteiger partial charge in [-0.05, 0) is 48.2 Å². The summed E-state index contributed by atoms with van der Waals surface area (Å²) in [5.74, 6) is 1.87. The second-order valence-electron chi connectivity index (χ2n) is 6.75. The highest BCUT2D eigenvalue weighted by atomic mass is 16.5. The third kappa shape index (κ3) is 4.80. The molecule has 0 aliphatic rings. The molecule has 0 saturated heterocycles. The summed E-state index contributed by atoms with van der Waals surface area (Å²) in [6.07, 6.45) is 0. The SMILES string of the molecule is C=C(C)c1nc(-c2c(OC)cc(C(C)C)cc2OC)ccc1NCCOC. The molecule has 0 bridgehead atoms. The number of hydrogen-bond donors (Lipinski definition) is 1. The highest BCUT2D eigenvalue weighted by Gasteiger charge is 2.18. The van der Waals surface area contributed by atoms with Crippen molar-refractivity contribution in [1.29, 1.82) is 0 Å². The zero-order valence-electron chi connectivity index (χ0n) is 17.2. The van der Waals surface area contributed by atoms with E-state index in [2.05, 4.69) is 37.9 Å². The maximum Gasteiger partial charge on any atom is 0.132 e. The first-order valence-electron chi connectivity index (χ1n) is 9.08. The number of ether oxygens (including phenoxy) is 3. The Balaban J connectivity index is 2.57. The molecule has 2 rings (SSSR count). The van der Waals surface area contributed by atoms with E-state index in [1.807, 2.05) is 19.1 Å². The van der Waals surface area contributed by atoms with Crippen LogP contribution in [0.3, 0.4) is 0 Å². The highest BCUT2D eigenvalue weighted by molar-refractivity contribution is 5.79. The first kappa shape index (κ1) is 20.8. The molecule has 0 aliphatic carbocycles. The summed E-state index contributed by atoms with van der Waals surface area (Å²) in [4.78, 5) is 4.85. The van der Waals surface area contributed by atoms with Crippen LogP contribution in [0.15, 0.2) is 30.8 Å². The van der Waals surface area contributed by atoms with Gasteiger partial charge in [0, 0.05) is 13.7 Å². The minimum Gasteiger partial charge on any atom is -0.496 e. The third-order valence-electron chi connectivity index (χ3n) is 4.37. The molecule has 0 unspecified atom stereocenters. The second-order valence-corrected chi connectivity index (χ2v) is 6.75. The number of aromatic nitrogens is 1. The summed E-state index contributed by atoms with van der Waals surface area (Å²) in [5, 5.41) is 3.34. The zero-order chi connectivity index (χ0) is 20.0. The van der Waals surface area contributed by atoms with Crippen molar-refractivity contribution in [3.05, 3.63) is 42.1 Å². The molecule has 0 aliphatic heterocycles. The smallest absolute Gasteiger partial charge is 0.132 e. The van der Waals surface area contributed by atoms with Gasteiger partial charge >= 0.3 is 0 Å². The number of allylic oxidation sites excluding steroid dienone is 1. The standard InChI is InChI=1S/C22H30N2O3/c1-14(2)16-12-19(26-6)21(20(13-16)27-7)17-8-9-18(23-10-11-25-5)22(24-17)15(3)4/h8-9,12-14,23H,3,10-11H2,1-2,4-7H3. The molecule has 1 heterocycles. The maximum atomic E-state index is 5.67. The van der Waals surface area contributed by atoms with Gasteiger partial charge < -0.3 is 19.5 Å². The van der Waals surface area contributed by atoms with E-state index in [4.69, 9.17) is 19.2 Å². The molecule has 1 N–H and O–H groups in total. The first-order chi connectivity index (χ1) is 12.9. The van der Waals surface area contributed by atoms with Crippen molar-refractivity contribution in [2.24, 2.45) is 0 Å². The van der Waals surface area contributed by atoms with Gasteiger partial charge in [-0.15, -0.1) is 0 Å². The first-order valence-corrected chi connectivity index (χ1v) is 9.08. The fourth-order valence-electron chi connectivity index (χ4n) is 2.87. The Hall–Kier alpha value is -2.53. The van der Waals surface area contributed by atoms with E-state index in [0.717, 1.165) is 45.3 Å². The molecule has 1 aromatic heterocycles. The summed E-state index contributed by atoms with van der Waals surface area (Å²) < 4.78 is 16.4. The van der Waals surface area contributed by atoms with Crippen LogP contribution < -0.4 is 14.8 Å². The van der Waals surface area contributed by atoms with Gasteiger partial charge in [0.25, 0.3) is 0 Å². The van der Waals surface area contributed by atoms with Crippen LogP contribution in [0, 0.1) is 0 Å². The topological polar surface area (TPSA) is 52.6 Å². The molecule has 0 radical (unpaired) electrons. The van der Waals surface area contributed by atoms with Gasteiger partial charge in [0.05, 0.1) is 43.5 Å². The molecule has 0 atom stereocenters. The van der Waals surface area contributed by atoms with Crippen LogP contribution in [0.2, 0.25) is 0 Å². The molecule has 5 nitrogen and oxygen atoms in total. The number of nitrogens with zero attached hydrogens (tertiary/aromatic N) is 1. The Kier molecular flexibility index (Phi) is 7.25. The van der Waals surface area contributed by atoms with Gasteiger partial charge in [-0.1, -0.05) is 20.4 Å². The fourth-order valence-corrected chi connectivity index (χ4v) is 2.87. The van der Waals surface area contributed by atoms with Crippen LogP contribution in [0.1, 0.15) is 37.9 Å². The van der Waals surface area contributed by atoms with E-state index >= 15 is 0 Å². The molecular formula is C22H30N2O3. The molecule has 0 saturated carbocycles. The Labute approximate surface area is 162 Å². The van der Waals surface area contributed by atoms with Crippen LogP contribution in [0.25, 0.3) is 16.8 Å². The zero-order valence-corrected chi connectivity index (χ0v) is 17.2. The largest absolute Gasteiger partial charge is 0.496 e. The minimum absolute atomic E-state index is 0.369. The molecule has 0 fully saturated rings. The molecule has 1 aromatic carbocycles. The van der Waals surface area contributed by atoms with Gasteiger partial charge in [-0.2, -0.15) is 0 Å². The van der Waals surface area contributed by atoms with Gasteiger partial charge in [-0.3, -0.25) is 0 Å². The Bertz CT molecular complexity index is 775. The van der Waals surface area contributed by atoms with E-state index < -0.39 is 0 Å². The molecule has 2 aromatic rings. The van der Waals surface area contributed by atoms with Crippen molar-refractivity contribution in [3.63, 3.8) is 0 Å². The lowest BCUT2D eigenvalue weighted by Crippen LogP contribution is -2.10. The van der Waals surface area contributed by atoms with Crippen LogP contribution in [-0.4, -0.2) is 39.5 Å². The van der Waals surface area contributed by atoms with Crippen LogP contribution in [0.4, 0.5) is 5.69 Å². The number of methoxy groups -OCH3 is 3. The lowest BCUT2D eigenvalue weighted by molar-refractivity contribution is 0.211. The molecule has 146 valence electrons. The Morgan fingerprint density at radius 1 is 1.11 bits per heavy atom. The van der Waals surface area contributed by atoms with Gasteiger partial charge in [-0.25, -0.2) is 4.98 Å². The Morgan fingerprint density at radius 2 is 1.74 bits per heavy atom. The van der Waals surface area contributed by atoms with Gasteiger partial charge in [0.2, 0.25) is 0 Å². The van der Waals surface area contributed by atoms with Crippen molar-refractivity contribution >= 4 is 11.3 Å². The molecule has 0 spiro atoms. The van der Waals surface area contributed by atoms with Crippen molar-refractivity contribution in [1.82, 2.24) is 4.98 Å². The number of pyridine rings is 1. The predicted octanol–water partition coefficient (Wildman–Crippen LogP) is 4.98. The molecule has 5 heteroatoms. The average molecular weight is 370 g/mol. The lowest BCUT2D eigenvalue weighted by Gasteiger charge is -2.18. The normalized spacial score (nSPS) is 10.8. The summed E-state index contributed by atoms with van der Waals surface area (Å²) in [7, 11) is 5.02. The number of hydrogen-bond acceptors (Lipinski definition) is 5. The number of rotatable bonds is 9. The number of benzene rings is 1. The molecular weight excluding hydrogens is 340 g/mol. The van der Waals surface area contributed by atoms with Crippen LogP contribution >= 0.6 is 0 Å². The maximum absolute atomic E-state index is 5.67. The van der Waals surface area contributed by atoms with Gasteiger partial charge in [0.1, 0.15) is 11.5 Å². The van der Waals surface area contributed by atoms with E-state index in [0.29, 0.717) is 19.1 Å². The summed E-state index contributed by atoms with van der Waals surface area (Å²) >= 11 is 0. The second kappa shape index (κ2) is 9.42. The molecule has 0 amide bonds. The predicted molar refractivity (Wildman–Crippen MR) is 112 cm³/mol. The van der Waals surface area contributed by atoms with E-state index in [9.17, 15) is 0 Å². The summed E-state index contributed by atoms with van der Waals surface area (Å²) in [5.41, 5.74) is 5.42. The average Bonchev–Trinajstić information content (AvgIpc) is 2.67. The van der Waals surface area contributed by atoms with Crippen molar-refractivity contribution < 1.29 is 14.2 Å². The fraction of sp³-hybridized carbons (Fsp3) is 0.409. The van der Waals surface area contributed by atoms with Gasteiger partial charge in [0.15, 0.2) is 0 Å². The van der Waals surface area contributed by atoms with Crippen molar-refractivity contribution in [3.8, 4) is 22.8 Å². The van der Waals surface area contributed by atoms with Crippen molar-refractivity contribution in [2.45, 2.75) is 26.7 Å². The highest BCUT2D eigenvalue weighted by Crippen LogP contribution is 2.41. The Morgan fingerprint density at radius 3 is 2.22 bits per heavy atom.